The normalized spacial score (nSPS) is 10.7. The molecule has 0 atom stereocenters. The van der Waals surface area contributed by atoms with Crippen molar-refractivity contribution in [3.63, 3.8) is 0 Å². The van der Waals surface area contributed by atoms with Crippen molar-refractivity contribution in [3.8, 4) is 5.75 Å². The lowest BCUT2D eigenvalue weighted by Crippen LogP contribution is -1.98. The Kier molecular flexibility index (Phi) is 2.64. The molecule has 0 amide bonds. The van der Waals surface area contributed by atoms with Gasteiger partial charge in [-0.3, -0.25) is 4.79 Å². The van der Waals surface area contributed by atoms with Gasteiger partial charge in [-0.05, 0) is 29.6 Å². The van der Waals surface area contributed by atoms with Crippen LogP contribution in [0.5, 0.6) is 5.75 Å². The second-order valence-corrected chi connectivity index (χ2v) is 4.74. The Morgan fingerprint density at radius 1 is 1.33 bits per heavy atom. The molecule has 1 N–H and O–H groups in total. The Morgan fingerprint density at radius 3 is 2.94 bits per heavy atom. The fraction of sp³-hybridized carbons (Fsp3) is 0.0714. The smallest absolute Gasteiger partial charge is 0.196 e. The lowest BCUT2D eigenvalue weighted by atomic mass is 10.1. The quantitative estimate of drug-likeness (QED) is 0.730. The number of carbonyl (C=O) groups is 1. The molecule has 0 bridgehead atoms. The molecule has 0 aliphatic heterocycles. The minimum atomic E-state index is 0.0377. The predicted molar refractivity (Wildman–Crippen MR) is 72.6 cm³/mol. The van der Waals surface area contributed by atoms with E-state index in [-0.39, 0.29) is 5.78 Å². The van der Waals surface area contributed by atoms with Gasteiger partial charge in [-0.1, -0.05) is 0 Å². The summed E-state index contributed by atoms with van der Waals surface area (Å²) in [4.78, 5) is 15.4. The highest BCUT2D eigenvalue weighted by Gasteiger charge is 2.14. The van der Waals surface area contributed by atoms with E-state index in [9.17, 15) is 4.79 Å². The van der Waals surface area contributed by atoms with E-state index in [1.807, 2.05) is 35.0 Å². The second kappa shape index (κ2) is 4.31. The number of H-pyrrole nitrogens is 1. The molecule has 0 saturated heterocycles. The Morgan fingerprint density at radius 2 is 2.22 bits per heavy atom. The van der Waals surface area contributed by atoms with Crippen molar-refractivity contribution in [2.24, 2.45) is 0 Å². The average Bonchev–Trinajstić information content (AvgIpc) is 3.06. The summed E-state index contributed by atoms with van der Waals surface area (Å²) in [6.45, 7) is 0. The third kappa shape index (κ3) is 1.71. The summed E-state index contributed by atoms with van der Waals surface area (Å²) in [7, 11) is 1.62. The SMILES string of the molecule is COc1ccc2[nH]cc(C(=O)c3ccsc3)c2c1. The number of aromatic nitrogens is 1. The van der Waals surface area contributed by atoms with Crippen LogP contribution in [0.4, 0.5) is 0 Å². The molecule has 0 spiro atoms. The van der Waals surface area contributed by atoms with Gasteiger partial charge in [0.05, 0.1) is 7.11 Å². The molecule has 2 aromatic heterocycles. The number of methoxy groups -OCH3 is 1. The number of ether oxygens (including phenoxy) is 1. The van der Waals surface area contributed by atoms with E-state index in [4.69, 9.17) is 4.74 Å². The summed E-state index contributed by atoms with van der Waals surface area (Å²) < 4.78 is 5.19. The molecule has 90 valence electrons. The topological polar surface area (TPSA) is 42.1 Å². The van der Waals surface area contributed by atoms with Gasteiger partial charge in [0.2, 0.25) is 0 Å². The number of fused-ring (bicyclic) bond motifs is 1. The summed E-state index contributed by atoms with van der Waals surface area (Å²) >= 11 is 1.52. The Bertz CT molecular complexity index is 698. The fourth-order valence-electron chi connectivity index (χ4n) is 1.96. The summed E-state index contributed by atoms with van der Waals surface area (Å²) in [5.41, 5.74) is 2.35. The van der Waals surface area contributed by atoms with Crippen molar-refractivity contribution in [1.82, 2.24) is 4.98 Å². The van der Waals surface area contributed by atoms with Crippen molar-refractivity contribution >= 4 is 28.0 Å². The van der Waals surface area contributed by atoms with Gasteiger partial charge >= 0.3 is 0 Å². The molecular weight excluding hydrogens is 246 g/mol. The maximum absolute atomic E-state index is 12.3. The minimum absolute atomic E-state index is 0.0377. The summed E-state index contributed by atoms with van der Waals surface area (Å²) in [5.74, 6) is 0.789. The van der Waals surface area contributed by atoms with E-state index in [0.717, 1.165) is 22.2 Å². The van der Waals surface area contributed by atoms with Crippen LogP contribution >= 0.6 is 11.3 Å². The maximum atomic E-state index is 12.3. The standard InChI is InChI=1S/C14H11NO2S/c1-17-10-2-3-13-11(6-10)12(7-15-13)14(16)9-4-5-18-8-9/h2-8,15H,1H3. The molecule has 0 aliphatic carbocycles. The first-order valence-electron chi connectivity index (χ1n) is 5.51. The number of ketones is 1. The Labute approximate surface area is 108 Å². The number of aromatic amines is 1. The number of benzene rings is 1. The van der Waals surface area contributed by atoms with Gasteiger partial charge in [-0.25, -0.2) is 0 Å². The molecule has 4 heteroatoms. The van der Waals surface area contributed by atoms with Crippen LogP contribution in [0.25, 0.3) is 10.9 Å². The first kappa shape index (κ1) is 11.0. The highest BCUT2D eigenvalue weighted by Crippen LogP contribution is 2.25. The molecule has 0 radical (unpaired) electrons. The zero-order valence-corrected chi connectivity index (χ0v) is 10.6. The summed E-state index contributed by atoms with van der Waals surface area (Å²) in [5, 5.41) is 4.66. The van der Waals surface area contributed by atoms with Gasteiger partial charge in [-0.2, -0.15) is 11.3 Å². The minimum Gasteiger partial charge on any atom is -0.497 e. The number of nitrogens with one attached hydrogen (secondary N) is 1. The van der Waals surface area contributed by atoms with Crippen molar-refractivity contribution in [3.05, 3.63) is 52.3 Å². The second-order valence-electron chi connectivity index (χ2n) is 3.96. The van der Waals surface area contributed by atoms with E-state index < -0.39 is 0 Å². The predicted octanol–water partition coefficient (Wildman–Crippen LogP) is 3.47. The average molecular weight is 257 g/mol. The number of rotatable bonds is 3. The third-order valence-corrected chi connectivity index (χ3v) is 3.60. The number of thiophene rings is 1. The van der Waals surface area contributed by atoms with Crippen LogP contribution in [0.2, 0.25) is 0 Å². The molecule has 0 fully saturated rings. The van der Waals surface area contributed by atoms with E-state index in [1.54, 1.807) is 13.3 Å². The zero-order chi connectivity index (χ0) is 12.5. The Hall–Kier alpha value is -2.07. The highest BCUT2D eigenvalue weighted by molar-refractivity contribution is 7.08. The van der Waals surface area contributed by atoms with Crippen molar-refractivity contribution in [2.45, 2.75) is 0 Å². The van der Waals surface area contributed by atoms with Gasteiger partial charge in [-0.15, -0.1) is 0 Å². The van der Waals surface area contributed by atoms with Crippen LogP contribution in [-0.2, 0) is 0 Å². The van der Waals surface area contributed by atoms with Crippen LogP contribution in [0.1, 0.15) is 15.9 Å². The molecule has 18 heavy (non-hydrogen) atoms. The van der Waals surface area contributed by atoms with Crippen LogP contribution in [0.15, 0.2) is 41.2 Å². The molecule has 0 saturated carbocycles. The van der Waals surface area contributed by atoms with Crippen molar-refractivity contribution < 1.29 is 9.53 Å². The Balaban J connectivity index is 2.14. The largest absolute Gasteiger partial charge is 0.497 e. The molecule has 0 aliphatic rings. The lowest BCUT2D eigenvalue weighted by Gasteiger charge is -2.00. The van der Waals surface area contributed by atoms with E-state index in [2.05, 4.69) is 4.98 Å². The molecule has 3 aromatic rings. The monoisotopic (exact) mass is 257 g/mol. The lowest BCUT2D eigenvalue weighted by molar-refractivity contribution is 0.104. The van der Waals surface area contributed by atoms with Crippen molar-refractivity contribution in [2.75, 3.05) is 7.11 Å². The molecule has 1 aromatic carbocycles. The van der Waals surface area contributed by atoms with Crippen molar-refractivity contribution in [1.29, 1.82) is 0 Å². The number of carbonyl (C=O) groups excluding carboxylic acids is 1. The van der Waals surface area contributed by atoms with Gasteiger partial charge in [0, 0.05) is 33.6 Å². The van der Waals surface area contributed by atoms with Crippen LogP contribution < -0.4 is 4.74 Å². The third-order valence-electron chi connectivity index (χ3n) is 2.92. The first-order valence-corrected chi connectivity index (χ1v) is 6.46. The fourth-order valence-corrected chi connectivity index (χ4v) is 2.60. The molecule has 3 nitrogen and oxygen atoms in total. The van der Waals surface area contributed by atoms with E-state index in [1.165, 1.54) is 11.3 Å². The molecular formula is C14H11NO2S. The van der Waals surface area contributed by atoms with Gasteiger partial charge in [0.15, 0.2) is 5.78 Å². The first-order chi connectivity index (χ1) is 8.79. The summed E-state index contributed by atoms with van der Waals surface area (Å²) in [6.07, 6.45) is 1.75. The van der Waals surface area contributed by atoms with Gasteiger partial charge in [0.25, 0.3) is 0 Å². The van der Waals surface area contributed by atoms with Gasteiger partial charge < -0.3 is 9.72 Å². The van der Waals surface area contributed by atoms with E-state index in [0.29, 0.717) is 5.56 Å². The van der Waals surface area contributed by atoms with Gasteiger partial charge in [0.1, 0.15) is 5.75 Å². The zero-order valence-electron chi connectivity index (χ0n) is 9.77. The number of hydrogen-bond donors (Lipinski definition) is 1. The molecule has 2 heterocycles. The molecule has 3 rings (SSSR count). The van der Waals surface area contributed by atoms with Crippen LogP contribution in [0.3, 0.4) is 0 Å². The molecule has 0 unspecified atom stereocenters. The van der Waals surface area contributed by atoms with E-state index >= 15 is 0 Å². The van der Waals surface area contributed by atoms with Crippen LogP contribution in [0, 0.1) is 0 Å². The highest BCUT2D eigenvalue weighted by atomic mass is 32.1. The number of hydrogen-bond acceptors (Lipinski definition) is 3. The maximum Gasteiger partial charge on any atom is 0.196 e. The summed E-state index contributed by atoms with van der Waals surface area (Å²) in [6, 6.07) is 7.51. The van der Waals surface area contributed by atoms with Crippen LogP contribution in [-0.4, -0.2) is 17.9 Å².